The van der Waals surface area contributed by atoms with Crippen molar-refractivity contribution in [2.24, 2.45) is 0 Å². The summed E-state index contributed by atoms with van der Waals surface area (Å²) in [6.07, 6.45) is 0. The van der Waals surface area contributed by atoms with Gasteiger partial charge in [-0.25, -0.2) is 14.2 Å². The summed E-state index contributed by atoms with van der Waals surface area (Å²) in [6, 6.07) is 1.47. The molecule has 0 aliphatic heterocycles. The van der Waals surface area contributed by atoms with Crippen molar-refractivity contribution in [2.45, 2.75) is 17.0 Å². The van der Waals surface area contributed by atoms with E-state index >= 15 is 0 Å². The molecule has 20 heavy (non-hydrogen) atoms. The number of nitro benzene ring substituents is 1. The van der Waals surface area contributed by atoms with Crippen LogP contribution in [0.3, 0.4) is 0 Å². The van der Waals surface area contributed by atoms with Crippen LogP contribution in [0.4, 0.5) is 10.1 Å². The van der Waals surface area contributed by atoms with Crippen molar-refractivity contribution >= 4 is 23.4 Å². The number of aromatic nitrogens is 3. The summed E-state index contributed by atoms with van der Waals surface area (Å²) in [5.74, 6) is -2.13. The average molecular weight is 298 g/mol. The topological polar surface area (TPSA) is 122 Å². The molecule has 0 atom stereocenters. The highest BCUT2D eigenvalue weighted by Gasteiger charge is 2.23. The maximum absolute atomic E-state index is 13.6. The number of hydrogen-bond acceptors (Lipinski definition) is 6. The molecule has 1 aromatic carbocycles. The van der Waals surface area contributed by atoms with Gasteiger partial charge in [0, 0.05) is 6.07 Å². The van der Waals surface area contributed by atoms with Crippen molar-refractivity contribution in [2.75, 3.05) is 0 Å². The molecule has 0 saturated heterocycles. The molecular weight excluding hydrogens is 291 g/mol. The third-order valence-electron chi connectivity index (χ3n) is 2.25. The van der Waals surface area contributed by atoms with Crippen LogP contribution < -0.4 is 0 Å². The second-order valence-electron chi connectivity index (χ2n) is 3.67. The first-order chi connectivity index (χ1) is 9.38. The number of H-pyrrole nitrogens is 1. The highest BCUT2D eigenvalue weighted by Crippen LogP contribution is 2.34. The minimum absolute atomic E-state index is 0.0727. The molecule has 2 N–H and O–H groups in total. The van der Waals surface area contributed by atoms with Crippen molar-refractivity contribution < 1.29 is 19.2 Å². The van der Waals surface area contributed by atoms with Gasteiger partial charge in [-0.2, -0.15) is 0 Å². The van der Waals surface area contributed by atoms with Crippen LogP contribution in [-0.4, -0.2) is 31.2 Å². The van der Waals surface area contributed by atoms with Crippen LogP contribution in [0.2, 0.25) is 0 Å². The lowest BCUT2D eigenvalue weighted by Gasteiger charge is -2.03. The molecule has 0 amide bonds. The van der Waals surface area contributed by atoms with E-state index in [2.05, 4.69) is 15.2 Å². The normalized spacial score (nSPS) is 10.5. The minimum Gasteiger partial charge on any atom is -0.478 e. The molecule has 0 unspecified atom stereocenters. The summed E-state index contributed by atoms with van der Waals surface area (Å²) < 4.78 is 13.6. The Balaban J connectivity index is 2.48. The third-order valence-corrected chi connectivity index (χ3v) is 3.17. The van der Waals surface area contributed by atoms with Crippen molar-refractivity contribution in [3.63, 3.8) is 0 Å². The Morgan fingerprint density at radius 3 is 2.75 bits per heavy atom. The molecule has 0 aliphatic carbocycles. The minimum atomic E-state index is -1.57. The summed E-state index contributed by atoms with van der Waals surface area (Å²) in [5.41, 5.74) is -1.27. The van der Waals surface area contributed by atoms with E-state index in [1.807, 2.05) is 0 Å². The van der Waals surface area contributed by atoms with Crippen molar-refractivity contribution in [3.8, 4) is 0 Å². The number of nitrogens with zero attached hydrogens (tertiary/aromatic N) is 3. The fraction of sp³-hybridized carbons (Fsp3) is 0.100. The lowest BCUT2D eigenvalue weighted by Crippen LogP contribution is -2.03. The van der Waals surface area contributed by atoms with E-state index in [-0.39, 0.29) is 10.1 Å². The molecule has 1 heterocycles. The molecule has 0 aliphatic rings. The molecule has 0 spiro atoms. The number of carboxylic acids is 1. The molecule has 0 fully saturated rings. The molecule has 8 nitrogen and oxygen atoms in total. The smallest absolute Gasteiger partial charge is 0.338 e. The Morgan fingerprint density at radius 1 is 1.55 bits per heavy atom. The lowest BCUT2D eigenvalue weighted by molar-refractivity contribution is -0.387. The van der Waals surface area contributed by atoms with Gasteiger partial charge in [0.15, 0.2) is 0 Å². The van der Waals surface area contributed by atoms with Gasteiger partial charge in [0.25, 0.3) is 5.69 Å². The summed E-state index contributed by atoms with van der Waals surface area (Å²) in [4.78, 5) is 24.8. The first-order valence-electron chi connectivity index (χ1n) is 5.16. The largest absolute Gasteiger partial charge is 0.478 e. The molecular formula is C10H7FN4O4S. The zero-order valence-electron chi connectivity index (χ0n) is 9.95. The number of nitrogens with one attached hydrogen (secondary N) is 1. The number of carbonyl (C=O) groups is 1. The number of aromatic amines is 1. The van der Waals surface area contributed by atoms with Gasteiger partial charge < -0.3 is 5.11 Å². The van der Waals surface area contributed by atoms with E-state index in [1.165, 1.54) is 0 Å². The number of aromatic carboxylic acids is 1. The van der Waals surface area contributed by atoms with Gasteiger partial charge in [0.1, 0.15) is 17.2 Å². The van der Waals surface area contributed by atoms with Crippen molar-refractivity contribution in [3.05, 3.63) is 39.5 Å². The van der Waals surface area contributed by atoms with Gasteiger partial charge in [-0.15, -0.1) is 5.10 Å². The molecule has 104 valence electrons. The summed E-state index contributed by atoms with van der Waals surface area (Å²) in [6.45, 7) is 1.64. The van der Waals surface area contributed by atoms with Crippen LogP contribution in [0.15, 0.2) is 22.2 Å². The third kappa shape index (κ3) is 2.74. The first-order valence-corrected chi connectivity index (χ1v) is 5.98. The summed E-state index contributed by atoms with van der Waals surface area (Å²) in [5, 5.41) is 26.2. The molecule has 1 aromatic heterocycles. The van der Waals surface area contributed by atoms with Gasteiger partial charge in [-0.3, -0.25) is 15.2 Å². The van der Waals surface area contributed by atoms with Crippen molar-refractivity contribution in [1.29, 1.82) is 0 Å². The van der Waals surface area contributed by atoms with Gasteiger partial charge >= 0.3 is 5.97 Å². The zero-order chi connectivity index (χ0) is 14.9. The van der Waals surface area contributed by atoms with Crippen LogP contribution in [0.1, 0.15) is 16.2 Å². The number of aryl methyl sites for hydroxylation is 1. The summed E-state index contributed by atoms with van der Waals surface area (Å²) in [7, 11) is 0. The highest BCUT2D eigenvalue weighted by atomic mass is 32.2. The number of carboxylic acid groups (broad SMARTS) is 1. The SMILES string of the molecule is Cc1nc(Sc2cc(F)c(C(=O)O)cc2[N+](=O)[O-])n[nH]1. The maximum Gasteiger partial charge on any atom is 0.338 e. The van der Waals surface area contributed by atoms with Crippen LogP contribution in [0, 0.1) is 22.9 Å². The van der Waals surface area contributed by atoms with E-state index in [9.17, 15) is 19.3 Å². The van der Waals surface area contributed by atoms with E-state index in [0.29, 0.717) is 11.9 Å². The zero-order valence-corrected chi connectivity index (χ0v) is 10.8. The fourth-order valence-corrected chi connectivity index (χ4v) is 2.27. The first kappa shape index (κ1) is 13.9. The number of nitro groups is 1. The molecule has 0 radical (unpaired) electrons. The second kappa shape index (κ2) is 5.25. The van der Waals surface area contributed by atoms with Gasteiger partial charge in [-0.05, 0) is 24.8 Å². The Labute approximate surface area is 115 Å². The predicted octanol–water partition coefficient (Wildman–Crippen LogP) is 2.01. The van der Waals surface area contributed by atoms with Gasteiger partial charge in [-0.1, -0.05) is 0 Å². The van der Waals surface area contributed by atoms with Crippen molar-refractivity contribution in [1.82, 2.24) is 15.2 Å². The average Bonchev–Trinajstić information content (AvgIpc) is 2.74. The highest BCUT2D eigenvalue weighted by molar-refractivity contribution is 7.99. The number of rotatable bonds is 4. The Hall–Kier alpha value is -2.49. The molecule has 2 rings (SSSR count). The summed E-state index contributed by atoms with van der Waals surface area (Å²) >= 11 is 0.770. The monoisotopic (exact) mass is 298 g/mol. The van der Waals surface area contributed by atoms with Crippen LogP contribution >= 0.6 is 11.8 Å². The molecule has 0 saturated carbocycles. The fourth-order valence-electron chi connectivity index (χ4n) is 1.40. The number of hydrogen-bond donors (Lipinski definition) is 2. The Kier molecular flexibility index (Phi) is 3.66. The predicted molar refractivity (Wildman–Crippen MR) is 65.3 cm³/mol. The standard InChI is InChI=1S/C10H7FN4O4S/c1-4-12-10(14-13-4)20-8-3-6(11)5(9(16)17)2-7(8)15(18)19/h2-3H,1H3,(H,16,17)(H,12,13,14). The second-order valence-corrected chi connectivity index (χ2v) is 4.68. The lowest BCUT2D eigenvalue weighted by atomic mass is 10.2. The van der Waals surface area contributed by atoms with Gasteiger partial charge in [0.2, 0.25) is 5.16 Å². The van der Waals surface area contributed by atoms with Crippen LogP contribution in [0.5, 0.6) is 0 Å². The van der Waals surface area contributed by atoms with E-state index in [0.717, 1.165) is 17.8 Å². The Bertz CT molecular complexity index is 703. The quantitative estimate of drug-likeness (QED) is 0.653. The van der Waals surface area contributed by atoms with E-state index in [4.69, 9.17) is 5.11 Å². The number of benzene rings is 1. The Morgan fingerprint density at radius 2 is 2.25 bits per heavy atom. The van der Waals surface area contributed by atoms with Crippen LogP contribution in [-0.2, 0) is 0 Å². The van der Waals surface area contributed by atoms with Gasteiger partial charge in [0.05, 0.1) is 9.82 Å². The molecule has 0 bridgehead atoms. The maximum atomic E-state index is 13.6. The molecule has 2 aromatic rings. The van der Waals surface area contributed by atoms with E-state index < -0.39 is 28.0 Å². The number of halogens is 1. The van der Waals surface area contributed by atoms with E-state index in [1.54, 1.807) is 6.92 Å². The molecule has 10 heteroatoms. The van der Waals surface area contributed by atoms with Crippen LogP contribution in [0.25, 0.3) is 0 Å².